The van der Waals surface area contributed by atoms with Crippen LogP contribution in [0, 0.1) is 0 Å². The lowest BCUT2D eigenvalue weighted by molar-refractivity contribution is -0.193. The number of methoxy groups -OCH3 is 1. The number of hydrogen-bond donors (Lipinski definition) is 2. The summed E-state index contributed by atoms with van der Waals surface area (Å²) in [4.78, 5) is 44.8. The number of hydrogen-bond acceptors (Lipinski definition) is 8. The highest BCUT2D eigenvalue weighted by atomic mass is 19.4. The molecular formula is C30H30F6N4O7. The first-order chi connectivity index (χ1) is 22.1. The van der Waals surface area contributed by atoms with Gasteiger partial charge in [-0.3, -0.25) is 19.7 Å². The van der Waals surface area contributed by atoms with Crippen LogP contribution in [0.4, 0.5) is 26.3 Å². The van der Waals surface area contributed by atoms with Gasteiger partial charge in [0.25, 0.3) is 5.91 Å². The van der Waals surface area contributed by atoms with Gasteiger partial charge >= 0.3 is 24.3 Å². The fourth-order valence-electron chi connectivity index (χ4n) is 4.94. The lowest BCUT2D eigenvalue weighted by Crippen LogP contribution is -2.59. The lowest BCUT2D eigenvalue weighted by Gasteiger charge is -2.42. The molecule has 2 aliphatic rings. The Bertz CT molecular complexity index is 1450. The second-order valence-electron chi connectivity index (χ2n) is 10.2. The predicted molar refractivity (Wildman–Crippen MR) is 151 cm³/mol. The van der Waals surface area contributed by atoms with E-state index in [1.807, 2.05) is 65.7 Å². The Labute approximate surface area is 264 Å². The van der Waals surface area contributed by atoms with E-state index in [0.29, 0.717) is 39.3 Å². The maximum absolute atomic E-state index is 14.0. The van der Waals surface area contributed by atoms with Crippen molar-refractivity contribution >= 4 is 17.8 Å². The topological polar surface area (TPSA) is 142 Å². The highest BCUT2D eigenvalue weighted by Gasteiger charge is 2.57. The average molecular weight is 673 g/mol. The maximum Gasteiger partial charge on any atom is 0.490 e. The Kier molecular flexibility index (Phi) is 12.2. The van der Waals surface area contributed by atoms with Crippen LogP contribution in [0.2, 0.25) is 0 Å². The standard InChI is InChI=1S/C26H28N4O3.2C2HF3O2/c1-32-23-9-7-20(8-10-23)16-30-13-14-33-26(25(30)31)19-29(17-22-6-2-3-12-28-22)18-24(26)21-5-4-11-27-15-21;2*3-2(4,5)1(6)7/h2-12,15,24H,13-14,16-19H2,1H3;2*(H,6,7). The molecule has 17 heteroatoms. The maximum atomic E-state index is 14.0. The predicted octanol–water partition coefficient (Wildman–Crippen LogP) is 4.15. The van der Waals surface area contributed by atoms with Crippen molar-refractivity contribution in [2.24, 2.45) is 0 Å². The third-order valence-electron chi connectivity index (χ3n) is 7.05. The van der Waals surface area contributed by atoms with Crippen molar-refractivity contribution in [1.29, 1.82) is 0 Å². The van der Waals surface area contributed by atoms with E-state index in [4.69, 9.17) is 29.3 Å². The number of benzene rings is 1. The van der Waals surface area contributed by atoms with E-state index < -0.39 is 29.9 Å². The van der Waals surface area contributed by atoms with E-state index in [1.54, 1.807) is 19.5 Å². The normalized spacial score (nSPS) is 19.7. The molecular weight excluding hydrogens is 642 g/mol. The SMILES string of the molecule is COc1ccc(CN2CCOC3(CN(Cc4ccccn4)CC3c3cccnc3)C2=O)cc1.O=C(O)C(F)(F)F.O=C(O)C(F)(F)F. The van der Waals surface area contributed by atoms with Crippen LogP contribution in [0.5, 0.6) is 5.75 Å². The number of rotatable bonds is 6. The largest absolute Gasteiger partial charge is 0.497 e. The Balaban J connectivity index is 0.000000360. The second-order valence-corrected chi connectivity index (χ2v) is 10.2. The van der Waals surface area contributed by atoms with Crippen LogP contribution in [0.15, 0.2) is 73.2 Å². The molecule has 1 spiro atoms. The summed E-state index contributed by atoms with van der Waals surface area (Å²) in [5.74, 6) is -4.76. The van der Waals surface area contributed by atoms with Crippen LogP contribution in [0.3, 0.4) is 0 Å². The molecule has 2 unspecified atom stereocenters. The third-order valence-corrected chi connectivity index (χ3v) is 7.05. The summed E-state index contributed by atoms with van der Waals surface area (Å²) < 4.78 is 75.1. The fraction of sp³-hybridized carbons (Fsp3) is 0.367. The van der Waals surface area contributed by atoms with Crippen molar-refractivity contribution in [2.45, 2.75) is 37.0 Å². The summed E-state index contributed by atoms with van der Waals surface area (Å²) in [6.45, 7) is 3.55. The number of carbonyl (C=O) groups excluding carboxylic acids is 1. The molecule has 11 nitrogen and oxygen atoms in total. The van der Waals surface area contributed by atoms with Gasteiger partial charge < -0.3 is 24.6 Å². The first-order valence-corrected chi connectivity index (χ1v) is 13.8. The first-order valence-electron chi connectivity index (χ1n) is 13.8. The molecule has 2 aromatic heterocycles. The van der Waals surface area contributed by atoms with E-state index in [9.17, 15) is 31.1 Å². The molecule has 2 N–H and O–H groups in total. The number of pyridine rings is 2. The van der Waals surface area contributed by atoms with Gasteiger partial charge in [-0.1, -0.05) is 24.3 Å². The van der Waals surface area contributed by atoms with Crippen molar-refractivity contribution in [3.63, 3.8) is 0 Å². The molecule has 47 heavy (non-hydrogen) atoms. The molecule has 3 aromatic rings. The van der Waals surface area contributed by atoms with Crippen LogP contribution < -0.4 is 4.74 Å². The van der Waals surface area contributed by atoms with Crippen LogP contribution >= 0.6 is 0 Å². The molecule has 2 aliphatic heterocycles. The molecule has 0 saturated carbocycles. The van der Waals surface area contributed by atoms with Crippen LogP contribution in [-0.2, 0) is 32.2 Å². The van der Waals surface area contributed by atoms with Crippen LogP contribution in [-0.4, -0.2) is 99.1 Å². The molecule has 2 saturated heterocycles. The van der Waals surface area contributed by atoms with E-state index in [-0.39, 0.29) is 11.8 Å². The number of carbonyl (C=O) groups is 3. The fourth-order valence-corrected chi connectivity index (χ4v) is 4.94. The summed E-state index contributed by atoms with van der Waals surface area (Å²) in [6, 6.07) is 17.8. The minimum Gasteiger partial charge on any atom is -0.497 e. The summed E-state index contributed by atoms with van der Waals surface area (Å²) >= 11 is 0. The molecule has 0 radical (unpaired) electrons. The summed E-state index contributed by atoms with van der Waals surface area (Å²) in [5, 5.41) is 14.2. The van der Waals surface area contributed by atoms with E-state index in [2.05, 4.69) is 14.9 Å². The van der Waals surface area contributed by atoms with Gasteiger partial charge in [-0.05, 0) is 41.5 Å². The molecule has 2 atom stereocenters. The molecule has 0 bridgehead atoms. The second kappa shape index (κ2) is 15.7. The van der Waals surface area contributed by atoms with Crippen molar-refractivity contribution in [2.75, 3.05) is 33.4 Å². The zero-order valence-corrected chi connectivity index (χ0v) is 24.7. The Morgan fingerprint density at radius 1 is 0.957 bits per heavy atom. The minimum absolute atomic E-state index is 0.0435. The Morgan fingerprint density at radius 2 is 1.60 bits per heavy atom. The average Bonchev–Trinajstić information content (AvgIpc) is 3.38. The minimum atomic E-state index is -5.08. The number of nitrogens with zero attached hydrogens (tertiary/aromatic N) is 4. The van der Waals surface area contributed by atoms with Crippen LogP contribution in [0.1, 0.15) is 22.7 Å². The number of amides is 1. The Morgan fingerprint density at radius 3 is 2.11 bits per heavy atom. The smallest absolute Gasteiger partial charge is 0.490 e. The van der Waals surface area contributed by atoms with Crippen molar-refractivity contribution < 1.29 is 60.4 Å². The zero-order valence-electron chi connectivity index (χ0n) is 24.7. The molecule has 0 aliphatic carbocycles. The number of carboxylic acids is 2. The summed E-state index contributed by atoms with van der Waals surface area (Å²) in [7, 11) is 1.65. The van der Waals surface area contributed by atoms with E-state index in [0.717, 1.165) is 22.6 Å². The van der Waals surface area contributed by atoms with Gasteiger partial charge in [0.05, 0.1) is 19.4 Å². The number of alkyl halides is 6. The number of ether oxygens (including phenoxy) is 2. The zero-order chi connectivity index (χ0) is 34.8. The van der Waals surface area contributed by atoms with Gasteiger partial charge in [0.1, 0.15) is 5.75 Å². The van der Waals surface area contributed by atoms with Gasteiger partial charge in [0.2, 0.25) is 0 Å². The van der Waals surface area contributed by atoms with Gasteiger partial charge in [-0.15, -0.1) is 0 Å². The number of halogens is 6. The molecule has 254 valence electrons. The van der Waals surface area contributed by atoms with Crippen molar-refractivity contribution in [3.8, 4) is 5.75 Å². The molecule has 1 aromatic carbocycles. The van der Waals surface area contributed by atoms with Gasteiger partial charge in [0.15, 0.2) is 5.60 Å². The number of likely N-dealkylation sites (tertiary alicyclic amines) is 1. The van der Waals surface area contributed by atoms with Gasteiger partial charge in [0, 0.05) is 57.2 Å². The molecule has 1 amide bonds. The summed E-state index contributed by atoms with van der Waals surface area (Å²) in [6.07, 6.45) is -4.75. The van der Waals surface area contributed by atoms with Crippen molar-refractivity contribution in [1.82, 2.24) is 19.8 Å². The number of carboxylic acid groups (broad SMARTS) is 2. The lowest BCUT2D eigenvalue weighted by atomic mass is 9.83. The molecule has 2 fully saturated rings. The van der Waals surface area contributed by atoms with E-state index in [1.165, 1.54) is 0 Å². The Hall–Kier alpha value is -4.77. The number of aromatic nitrogens is 2. The third kappa shape index (κ3) is 10.1. The van der Waals surface area contributed by atoms with E-state index >= 15 is 0 Å². The summed E-state index contributed by atoms with van der Waals surface area (Å²) in [5.41, 5.74) is 2.16. The monoisotopic (exact) mass is 672 g/mol. The highest BCUT2D eigenvalue weighted by molar-refractivity contribution is 5.88. The first kappa shape index (κ1) is 36.7. The molecule has 5 rings (SSSR count). The number of morpholine rings is 1. The van der Waals surface area contributed by atoms with Gasteiger partial charge in [-0.2, -0.15) is 26.3 Å². The van der Waals surface area contributed by atoms with Gasteiger partial charge in [-0.25, -0.2) is 9.59 Å². The molecule has 4 heterocycles. The van der Waals surface area contributed by atoms with Crippen LogP contribution in [0.25, 0.3) is 0 Å². The number of aliphatic carboxylic acids is 2. The van der Waals surface area contributed by atoms with Crippen molar-refractivity contribution in [3.05, 3.63) is 90.0 Å². The highest BCUT2D eigenvalue weighted by Crippen LogP contribution is 2.42. The quantitative estimate of drug-likeness (QED) is 0.367.